The number of carbonyl (C=O) groups excluding carboxylic acids is 1. The maximum absolute atomic E-state index is 12.1. The highest BCUT2D eigenvalue weighted by atomic mass is 79.9. The van der Waals surface area contributed by atoms with Crippen LogP contribution < -0.4 is 0 Å². The lowest BCUT2D eigenvalue weighted by Gasteiger charge is -2.38. The maximum Gasteiger partial charge on any atom is 0.153 e. The Kier molecular flexibility index (Phi) is 1.65. The Balaban J connectivity index is 2.61. The number of rotatable bonds is 0. The van der Waals surface area contributed by atoms with Gasteiger partial charge in [0, 0.05) is 5.41 Å². The zero-order valence-corrected chi connectivity index (χ0v) is 10.4. The smallest absolute Gasteiger partial charge is 0.153 e. The standard InChI is InChI=1S/C11H17BrO/c1-9(2)10(3)5-6-11(9,4)8(13)7(10)12/h7H,5-6H2,1-4H3/t7-,10-,11+/m0/s1. The SMILES string of the molecule is CC1(C)[C@@]2(C)CC[C@]1(C)C(=O)[C@@H]2Br. The van der Waals surface area contributed by atoms with Gasteiger partial charge in [0.25, 0.3) is 0 Å². The fourth-order valence-corrected chi connectivity index (χ4v) is 4.52. The Bertz CT molecular complexity index is 281. The molecule has 2 fully saturated rings. The second-order valence-corrected chi connectivity index (χ2v) is 6.52. The van der Waals surface area contributed by atoms with Gasteiger partial charge < -0.3 is 0 Å². The Morgan fingerprint density at radius 1 is 1.23 bits per heavy atom. The van der Waals surface area contributed by atoms with Gasteiger partial charge in [-0.1, -0.05) is 43.6 Å². The van der Waals surface area contributed by atoms with E-state index in [4.69, 9.17) is 0 Å². The van der Waals surface area contributed by atoms with Crippen LogP contribution in [0.25, 0.3) is 0 Å². The summed E-state index contributed by atoms with van der Waals surface area (Å²) in [6, 6.07) is 0. The van der Waals surface area contributed by atoms with E-state index in [1.807, 2.05) is 0 Å². The van der Waals surface area contributed by atoms with E-state index >= 15 is 0 Å². The van der Waals surface area contributed by atoms with Crippen molar-refractivity contribution in [1.82, 2.24) is 0 Å². The first-order valence-corrected chi connectivity index (χ1v) is 5.87. The van der Waals surface area contributed by atoms with E-state index in [0.717, 1.165) is 6.42 Å². The molecular weight excluding hydrogens is 228 g/mol. The van der Waals surface area contributed by atoms with E-state index in [0.29, 0.717) is 5.78 Å². The molecule has 0 spiro atoms. The van der Waals surface area contributed by atoms with Gasteiger partial charge in [0.1, 0.15) is 0 Å². The highest BCUT2D eigenvalue weighted by Crippen LogP contribution is 2.71. The fraction of sp³-hybridized carbons (Fsp3) is 0.909. The van der Waals surface area contributed by atoms with Crippen LogP contribution in [0.5, 0.6) is 0 Å². The van der Waals surface area contributed by atoms with Crippen molar-refractivity contribution in [2.75, 3.05) is 0 Å². The van der Waals surface area contributed by atoms with Gasteiger partial charge in [-0.15, -0.1) is 0 Å². The zero-order valence-electron chi connectivity index (χ0n) is 8.78. The third kappa shape index (κ3) is 0.739. The van der Waals surface area contributed by atoms with Crippen LogP contribution in [-0.4, -0.2) is 10.6 Å². The molecule has 0 unspecified atom stereocenters. The minimum Gasteiger partial charge on any atom is -0.298 e. The minimum atomic E-state index is -0.0874. The summed E-state index contributed by atoms with van der Waals surface area (Å²) in [4.78, 5) is 12.1. The van der Waals surface area contributed by atoms with Gasteiger partial charge in [-0.2, -0.15) is 0 Å². The summed E-state index contributed by atoms with van der Waals surface area (Å²) in [5.41, 5.74) is 0.222. The van der Waals surface area contributed by atoms with Gasteiger partial charge in [-0.3, -0.25) is 4.79 Å². The van der Waals surface area contributed by atoms with E-state index in [2.05, 4.69) is 43.6 Å². The number of hydrogen-bond donors (Lipinski definition) is 0. The first-order chi connectivity index (χ1) is 5.77. The van der Waals surface area contributed by atoms with Crippen molar-refractivity contribution < 1.29 is 4.79 Å². The molecule has 2 aliphatic rings. The highest BCUT2D eigenvalue weighted by Gasteiger charge is 2.71. The second kappa shape index (κ2) is 2.21. The molecule has 0 aromatic heterocycles. The number of halogens is 1. The van der Waals surface area contributed by atoms with Crippen LogP contribution in [0.15, 0.2) is 0 Å². The quantitative estimate of drug-likeness (QED) is 0.599. The van der Waals surface area contributed by atoms with Crippen molar-refractivity contribution in [3.05, 3.63) is 0 Å². The molecule has 0 aromatic carbocycles. The molecule has 13 heavy (non-hydrogen) atoms. The first-order valence-electron chi connectivity index (χ1n) is 4.96. The number of carbonyl (C=O) groups is 1. The lowest BCUT2D eigenvalue weighted by molar-refractivity contribution is -0.127. The second-order valence-electron chi connectivity index (χ2n) is 5.60. The minimum absolute atomic E-state index is 0.0775. The molecule has 3 atom stereocenters. The summed E-state index contributed by atoms with van der Waals surface area (Å²) < 4.78 is 0. The number of Topliss-reactive ketones (excluding diaryl/α,β-unsaturated/α-hetero) is 1. The molecule has 0 radical (unpaired) electrons. The summed E-state index contributed by atoms with van der Waals surface area (Å²) in [7, 11) is 0. The largest absolute Gasteiger partial charge is 0.298 e. The predicted octanol–water partition coefficient (Wildman–Crippen LogP) is 3.17. The monoisotopic (exact) mass is 244 g/mol. The molecule has 74 valence electrons. The predicted molar refractivity (Wildman–Crippen MR) is 57.0 cm³/mol. The molecule has 0 N–H and O–H groups in total. The Morgan fingerprint density at radius 2 is 1.77 bits per heavy atom. The molecule has 0 aliphatic heterocycles. The average Bonchev–Trinajstić information content (AvgIpc) is 2.28. The number of alkyl halides is 1. The molecule has 2 bridgehead atoms. The van der Waals surface area contributed by atoms with Gasteiger partial charge in [0.2, 0.25) is 0 Å². The van der Waals surface area contributed by atoms with E-state index in [1.54, 1.807) is 0 Å². The Hall–Kier alpha value is 0.150. The van der Waals surface area contributed by atoms with Crippen molar-refractivity contribution in [2.24, 2.45) is 16.2 Å². The topological polar surface area (TPSA) is 17.1 Å². The van der Waals surface area contributed by atoms with Crippen LogP contribution in [0.3, 0.4) is 0 Å². The van der Waals surface area contributed by atoms with Gasteiger partial charge >= 0.3 is 0 Å². The lowest BCUT2D eigenvalue weighted by Crippen LogP contribution is -2.34. The van der Waals surface area contributed by atoms with Crippen LogP contribution in [0.2, 0.25) is 0 Å². The summed E-state index contributed by atoms with van der Waals surface area (Å²) >= 11 is 3.58. The van der Waals surface area contributed by atoms with Gasteiger partial charge in [0.05, 0.1) is 4.83 Å². The average molecular weight is 245 g/mol. The summed E-state index contributed by atoms with van der Waals surface area (Å²) in [6.45, 7) is 8.89. The van der Waals surface area contributed by atoms with Crippen molar-refractivity contribution in [2.45, 2.75) is 45.4 Å². The number of fused-ring (bicyclic) bond motifs is 2. The van der Waals surface area contributed by atoms with Crippen LogP contribution in [0.4, 0.5) is 0 Å². The van der Waals surface area contributed by atoms with Crippen LogP contribution in [0.1, 0.15) is 40.5 Å². The van der Waals surface area contributed by atoms with Gasteiger partial charge in [0.15, 0.2) is 5.78 Å². The Labute approximate surface area is 88.4 Å². The molecular formula is C11H17BrO. The normalized spacial score (nSPS) is 53.0. The van der Waals surface area contributed by atoms with E-state index in [1.165, 1.54) is 6.42 Å². The third-order valence-electron chi connectivity index (χ3n) is 5.28. The van der Waals surface area contributed by atoms with E-state index in [9.17, 15) is 4.79 Å². The third-order valence-corrected chi connectivity index (χ3v) is 6.71. The lowest BCUT2D eigenvalue weighted by atomic mass is 9.66. The molecule has 0 amide bonds. The molecule has 0 heterocycles. The molecule has 2 aliphatic carbocycles. The number of ketones is 1. The fourth-order valence-electron chi connectivity index (χ4n) is 3.21. The van der Waals surface area contributed by atoms with E-state index < -0.39 is 0 Å². The van der Waals surface area contributed by atoms with Gasteiger partial charge in [-0.05, 0) is 23.7 Å². The zero-order chi connectivity index (χ0) is 10.1. The first kappa shape index (κ1) is 9.70. The van der Waals surface area contributed by atoms with Crippen molar-refractivity contribution >= 4 is 21.7 Å². The summed E-state index contributed by atoms with van der Waals surface area (Å²) in [6.07, 6.45) is 2.25. The highest BCUT2D eigenvalue weighted by molar-refractivity contribution is 9.10. The van der Waals surface area contributed by atoms with Crippen molar-refractivity contribution in [1.29, 1.82) is 0 Å². The maximum atomic E-state index is 12.1. The van der Waals surface area contributed by atoms with Crippen LogP contribution >= 0.6 is 15.9 Å². The summed E-state index contributed by atoms with van der Waals surface area (Å²) in [5, 5.41) is 0. The van der Waals surface area contributed by atoms with Crippen molar-refractivity contribution in [3.63, 3.8) is 0 Å². The van der Waals surface area contributed by atoms with Gasteiger partial charge in [-0.25, -0.2) is 0 Å². The summed E-state index contributed by atoms with van der Waals surface area (Å²) in [5.74, 6) is 0.422. The molecule has 0 saturated heterocycles. The molecule has 1 nitrogen and oxygen atoms in total. The molecule has 2 heteroatoms. The Morgan fingerprint density at radius 3 is 2.00 bits per heavy atom. The van der Waals surface area contributed by atoms with Crippen LogP contribution in [0, 0.1) is 16.2 Å². The molecule has 2 saturated carbocycles. The van der Waals surface area contributed by atoms with Crippen molar-refractivity contribution in [3.8, 4) is 0 Å². The molecule has 0 aromatic rings. The number of hydrogen-bond acceptors (Lipinski definition) is 1. The van der Waals surface area contributed by atoms with E-state index in [-0.39, 0.29) is 21.1 Å². The molecule has 2 rings (SSSR count). The van der Waals surface area contributed by atoms with Crippen LogP contribution in [-0.2, 0) is 4.79 Å².